The van der Waals surface area contributed by atoms with Crippen molar-refractivity contribution in [3.05, 3.63) is 11.1 Å². The number of ether oxygens (including phenoxy) is 2. The second-order valence-corrected chi connectivity index (χ2v) is 5.99. The summed E-state index contributed by atoms with van der Waals surface area (Å²) < 4.78 is 11.6. The zero-order valence-electron chi connectivity index (χ0n) is 12.8. The van der Waals surface area contributed by atoms with Gasteiger partial charge in [-0.3, -0.25) is 0 Å². The van der Waals surface area contributed by atoms with Crippen LogP contribution in [-0.2, 0) is 9.47 Å². The van der Waals surface area contributed by atoms with Crippen molar-refractivity contribution in [3.8, 4) is 0 Å². The normalized spacial score (nSPS) is 34.9. The molecule has 0 aromatic carbocycles. The van der Waals surface area contributed by atoms with Gasteiger partial charge in [0.05, 0.1) is 6.10 Å². The lowest BCUT2D eigenvalue weighted by Gasteiger charge is -2.35. The van der Waals surface area contributed by atoms with Crippen LogP contribution < -0.4 is 0 Å². The quantitative estimate of drug-likeness (QED) is 0.718. The molecular weight excluding hydrogens is 238 g/mol. The van der Waals surface area contributed by atoms with Gasteiger partial charge in [0, 0.05) is 27.3 Å². The molecule has 1 aliphatic carbocycles. The van der Waals surface area contributed by atoms with E-state index in [0.29, 0.717) is 0 Å². The van der Waals surface area contributed by atoms with Crippen molar-refractivity contribution < 1.29 is 9.47 Å². The van der Waals surface area contributed by atoms with Gasteiger partial charge in [0.1, 0.15) is 6.10 Å². The Bertz CT molecular complexity index is 314. The molecule has 0 saturated heterocycles. The Morgan fingerprint density at radius 1 is 0.947 bits per heavy atom. The van der Waals surface area contributed by atoms with Crippen molar-refractivity contribution in [1.82, 2.24) is 4.90 Å². The van der Waals surface area contributed by atoms with Crippen LogP contribution >= 0.6 is 0 Å². The lowest BCUT2D eigenvalue weighted by atomic mass is 9.85. The summed E-state index contributed by atoms with van der Waals surface area (Å²) in [6, 6.07) is 0. The SMILES string of the molecule is CO[C@H]1CN(C)CC/C2=C(/CCCCCC2)[C@@H]1OC. The van der Waals surface area contributed by atoms with Crippen LogP contribution in [0.5, 0.6) is 0 Å². The molecule has 0 saturated carbocycles. The smallest absolute Gasteiger partial charge is 0.106 e. The molecule has 19 heavy (non-hydrogen) atoms. The van der Waals surface area contributed by atoms with E-state index in [9.17, 15) is 0 Å². The van der Waals surface area contributed by atoms with Gasteiger partial charge in [0.2, 0.25) is 0 Å². The third kappa shape index (κ3) is 3.80. The topological polar surface area (TPSA) is 21.7 Å². The molecule has 2 atom stereocenters. The van der Waals surface area contributed by atoms with E-state index in [1.54, 1.807) is 11.1 Å². The Morgan fingerprint density at radius 2 is 1.68 bits per heavy atom. The van der Waals surface area contributed by atoms with Crippen molar-refractivity contribution in [3.63, 3.8) is 0 Å². The van der Waals surface area contributed by atoms with Crippen molar-refractivity contribution in [2.24, 2.45) is 0 Å². The van der Waals surface area contributed by atoms with E-state index in [-0.39, 0.29) is 12.2 Å². The predicted octanol–water partition coefficient (Wildman–Crippen LogP) is 3.00. The van der Waals surface area contributed by atoms with Gasteiger partial charge in [-0.05, 0) is 44.7 Å². The fraction of sp³-hybridized carbons (Fsp3) is 0.875. The number of likely N-dealkylation sites (N-methyl/N-ethyl adjacent to an activating group) is 1. The summed E-state index contributed by atoms with van der Waals surface area (Å²) >= 11 is 0. The third-order valence-corrected chi connectivity index (χ3v) is 4.65. The number of rotatable bonds is 2. The van der Waals surface area contributed by atoms with Crippen LogP contribution in [0.1, 0.15) is 44.9 Å². The molecule has 110 valence electrons. The average molecular weight is 267 g/mol. The molecule has 0 bridgehead atoms. The van der Waals surface area contributed by atoms with E-state index in [2.05, 4.69) is 11.9 Å². The van der Waals surface area contributed by atoms with Crippen molar-refractivity contribution in [1.29, 1.82) is 0 Å². The molecule has 0 radical (unpaired) electrons. The maximum absolute atomic E-state index is 5.83. The molecule has 0 amide bonds. The fourth-order valence-corrected chi connectivity index (χ4v) is 3.51. The zero-order valence-corrected chi connectivity index (χ0v) is 12.8. The molecule has 3 nitrogen and oxygen atoms in total. The Balaban J connectivity index is 2.28. The highest BCUT2D eigenvalue weighted by molar-refractivity contribution is 5.22. The molecule has 2 rings (SSSR count). The molecule has 0 unspecified atom stereocenters. The van der Waals surface area contributed by atoms with E-state index in [0.717, 1.165) is 13.1 Å². The molecule has 0 spiro atoms. The van der Waals surface area contributed by atoms with Gasteiger partial charge in [-0.1, -0.05) is 18.4 Å². The Labute approximate surface area is 117 Å². The average Bonchev–Trinajstić information content (AvgIpc) is 2.38. The highest BCUT2D eigenvalue weighted by Crippen LogP contribution is 2.32. The summed E-state index contributed by atoms with van der Waals surface area (Å²) in [6.45, 7) is 2.11. The van der Waals surface area contributed by atoms with Crippen LogP contribution in [0.4, 0.5) is 0 Å². The standard InChI is InChI=1S/C16H29NO2/c1-17-11-10-13-8-6-4-5-7-9-14(13)16(19-3)15(12-17)18-2/h15-16H,4-12H2,1-3H3/b14-13-/t15-,16-/m0/s1. The van der Waals surface area contributed by atoms with Gasteiger partial charge < -0.3 is 14.4 Å². The minimum absolute atomic E-state index is 0.154. The molecule has 0 aromatic rings. The summed E-state index contributed by atoms with van der Waals surface area (Å²) in [5.74, 6) is 0. The predicted molar refractivity (Wildman–Crippen MR) is 78.4 cm³/mol. The number of hydrogen-bond donors (Lipinski definition) is 0. The summed E-state index contributed by atoms with van der Waals surface area (Å²) in [5, 5.41) is 0. The summed E-state index contributed by atoms with van der Waals surface area (Å²) in [6.07, 6.45) is 9.41. The van der Waals surface area contributed by atoms with E-state index >= 15 is 0 Å². The van der Waals surface area contributed by atoms with Crippen LogP contribution in [0.2, 0.25) is 0 Å². The second kappa shape index (κ2) is 7.41. The van der Waals surface area contributed by atoms with E-state index < -0.39 is 0 Å². The number of nitrogens with zero attached hydrogens (tertiary/aromatic N) is 1. The van der Waals surface area contributed by atoms with Gasteiger partial charge in [0.25, 0.3) is 0 Å². The maximum Gasteiger partial charge on any atom is 0.106 e. The highest BCUT2D eigenvalue weighted by Gasteiger charge is 2.30. The molecule has 0 fully saturated rings. The Kier molecular flexibility index (Phi) is 5.86. The minimum Gasteiger partial charge on any atom is -0.377 e. The van der Waals surface area contributed by atoms with Crippen molar-refractivity contribution in [2.45, 2.75) is 57.2 Å². The molecule has 3 heteroatoms. The van der Waals surface area contributed by atoms with Gasteiger partial charge in [0.15, 0.2) is 0 Å². The summed E-state index contributed by atoms with van der Waals surface area (Å²) in [5.41, 5.74) is 3.21. The number of hydrogen-bond acceptors (Lipinski definition) is 3. The van der Waals surface area contributed by atoms with Crippen LogP contribution in [0.3, 0.4) is 0 Å². The molecular formula is C16H29NO2. The van der Waals surface area contributed by atoms with E-state index in [4.69, 9.17) is 9.47 Å². The van der Waals surface area contributed by atoms with Crippen LogP contribution in [0.15, 0.2) is 11.1 Å². The molecule has 1 heterocycles. The largest absolute Gasteiger partial charge is 0.377 e. The summed E-state index contributed by atoms with van der Waals surface area (Å²) in [4.78, 5) is 2.38. The molecule has 1 aliphatic heterocycles. The van der Waals surface area contributed by atoms with Gasteiger partial charge >= 0.3 is 0 Å². The first-order valence-corrected chi connectivity index (χ1v) is 7.71. The third-order valence-electron chi connectivity index (χ3n) is 4.65. The fourth-order valence-electron chi connectivity index (χ4n) is 3.51. The minimum atomic E-state index is 0.154. The van der Waals surface area contributed by atoms with Gasteiger partial charge in [-0.2, -0.15) is 0 Å². The van der Waals surface area contributed by atoms with E-state index in [1.807, 2.05) is 14.2 Å². The van der Waals surface area contributed by atoms with Crippen LogP contribution in [0.25, 0.3) is 0 Å². The first-order chi connectivity index (χ1) is 9.26. The lowest BCUT2D eigenvalue weighted by molar-refractivity contribution is -0.0347. The molecule has 2 aliphatic rings. The van der Waals surface area contributed by atoms with Gasteiger partial charge in [-0.25, -0.2) is 0 Å². The number of methoxy groups -OCH3 is 2. The van der Waals surface area contributed by atoms with E-state index in [1.165, 1.54) is 44.9 Å². The summed E-state index contributed by atoms with van der Waals surface area (Å²) in [7, 11) is 5.84. The first-order valence-electron chi connectivity index (χ1n) is 7.71. The Morgan fingerprint density at radius 3 is 2.37 bits per heavy atom. The Hall–Kier alpha value is -0.380. The van der Waals surface area contributed by atoms with Crippen LogP contribution in [-0.4, -0.2) is 51.5 Å². The van der Waals surface area contributed by atoms with Crippen molar-refractivity contribution >= 4 is 0 Å². The van der Waals surface area contributed by atoms with Crippen molar-refractivity contribution in [2.75, 3.05) is 34.4 Å². The monoisotopic (exact) mass is 267 g/mol. The molecule has 0 N–H and O–H groups in total. The van der Waals surface area contributed by atoms with Gasteiger partial charge in [-0.15, -0.1) is 0 Å². The highest BCUT2D eigenvalue weighted by atomic mass is 16.5. The zero-order chi connectivity index (χ0) is 13.7. The van der Waals surface area contributed by atoms with Crippen LogP contribution in [0, 0.1) is 0 Å². The lowest BCUT2D eigenvalue weighted by Crippen LogP contribution is -2.43. The molecule has 0 aromatic heterocycles. The maximum atomic E-state index is 5.83. The first kappa shape index (κ1) is 15.0. The second-order valence-electron chi connectivity index (χ2n) is 5.99.